The zero-order chi connectivity index (χ0) is 9.80. The van der Waals surface area contributed by atoms with Crippen LogP contribution in [0.2, 0.25) is 0 Å². The first-order valence-corrected chi connectivity index (χ1v) is 5.67. The smallest absolute Gasteiger partial charge is 0.0294 e. The normalized spacial score (nSPS) is 18.9. The van der Waals surface area contributed by atoms with Gasteiger partial charge in [-0.3, -0.25) is 0 Å². The fourth-order valence-corrected chi connectivity index (χ4v) is 2.06. The summed E-state index contributed by atoms with van der Waals surface area (Å²) < 4.78 is 0. The average Bonchev–Trinajstić information content (AvgIpc) is 2.16. The maximum Gasteiger partial charge on any atom is 0.0294 e. The predicted octanol–water partition coefficient (Wildman–Crippen LogP) is 3.27. The summed E-state index contributed by atoms with van der Waals surface area (Å²) in [5, 5.41) is 0. The SMILES string of the molecule is NC(CCC1CCC1)c1ccccc1. The summed E-state index contributed by atoms with van der Waals surface area (Å²) in [6.07, 6.45) is 6.76. The van der Waals surface area contributed by atoms with E-state index in [0.717, 1.165) is 12.3 Å². The van der Waals surface area contributed by atoms with Crippen LogP contribution in [0.5, 0.6) is 0 Å². The molecule has 1 aromatic rings. The summed E-state index contributed by atoms with van der Waals surface area (Å²) in [6, 6.07) is 10.7. The van der Waals surface area contributed by atoms with Crippen molar-refractivity contribution < 1.29 is 0 Å². The fourth-order valence-electron chi connectivity index (χ4n) is 2.06. The summed E-state index contributed by atoms with van der Waals surface area (Å²) in [6.45, 7) is 0. The molecule has 1 aliphatic rings. The summed E-state index contributed by atoms with van der Waals surface area (Å²) in [5.74, 6) is 0.977. The lowest BCUT2D eigenvalue weighted by Gasteiger charge is -2.26. The molecule has 76 valence electrons. The monoisotopic (exact) mass is 189 g/mol. The number of rotatable bonds is 4. The van der Waals surface area contributed by atoms with Gasteiger partial charge in [0.1, 0.15) is 0 Å². The molecular weight excluding hydrogens is 170 g/mol. The Kier molecular flexibility index (Phi) is 3.20. The van der Waals surface area contributed by atoms with E-state index in [2.05, 4.69) is 24.3 Å². The van der Waals surface area contributed by atoms with Gasteiger partial charge in [-0.25, -0.2) is 0 Å². The molecule has 1 heteroatoms. The molecule has 14 heavy (non-hydrogen) atoms. The van der Waals surface area contributed by atoms with E-state index in [4.69, 9.17) is 5.73 Å². The Labute approximate surface area is 86.3 Å². The van der Waals surface area contributed by atoms with Gasteiger partial charge in [-0.05, 0) is 24.3 Å². The Morgan fingerprint density at radius 1 is 1.21 bits per heavy atom. The highest BCUT2D eigenvalue weighted by Crippen LogP contribution is 2.32. The molecule has 0 heterocycles. The fraction of sp³-hybridized carbons (Fsp3) is 0.538. The molecule has 1 atom stereocenters. The lowest BCUT2D eigenvalue weighted by Crippen LogP contribution is -2.16. The van der Waals surface area contributed by atoms with Crippen molar-refractivity contribution in [3.8, 4) is 0 Å². The van der Waals surface area contributed by atoms with Crippen LogP contribution < -0.4 is 5.73 Å². The van der Waals surface area contributed by atoms with Gasteiger partial charge in [-0.2, -0.15) is 0 Å². The van der Waals surface area contributed by atoms with Gasteiger partial charge in [0.05, 0.1) is 0 Å². The van der Waals surface area contributed by atoms with Crippen molar-refractivity contribution >= 4 is 0 Å². The Hall–Kier alpha value is -0.820. The van der Waals surface area contributed by atoms with E-state index in [9.17, 15) is 0 Å². The molecule has 0 aromatic heterocycles. The van der Waals surface area contributed by atoms with Crippen molar-refractivity contribution in [3.05, 3.63) is 35.9 Å². The second-order valence-electron chi connectivity index (χ2n) is 4.39. The molecule has 1 saturated carbocycles. The molecule has 0 amide bonds. The van der Waals surface area contributed by atoms with Crippen molar-refractivity contribution in [3.63, 3.8) is 0 Å². The topological polar surface area (TPSA) is 26.0 Å². The quantitative estimate of drug-likeness (QED) is 0.773. The van der Waals surface area contributed by atoms with E-state index < -0.39 is 0 Å². The van der Waals surface area contributed by atoms with Crippen molar-refractivity contribution in [1.29, 1.82) is 0 Å². The van der Waals surface area contributed by atoms with E-state index in [1.165, 1.54) is 31.2 Å². The molecule has 2 N–H and O–H groups in total. The number of nitrogens with two attached hydrogens (primary N) is 1. The maximum absolute atomic E-state index is 6.12. The van der Waals surface area contributed by atoms with Gasteiger partial charge in [0.25, 0.3) is 0 Å². The number of benzene rings is 1. The van der Waals surface area contributed by atoms with Gasteiger partial charge in [-0.1, -0.05) is 49.6 Å². The molecular formula is C13H19N. The van der Waals surface area contributed by atoms with Gasteiger partial charge in [0, 0.05) is 6.04 Å². The van der Waals surface area contributed by atoms with Gasteiger partial charge in [0.2, 0.25) is 0 Å². The van der Waals surface area contributed by atoms with E-state index in [1.807, 2.05) is 6.07 Å². The standard InChI is InChI=1S/C13H19N/c14-13(10-9-11-5-4-6-11)12-7-2-1-3-8-12/h1-3,7-8,11,13H,4-6,9-10,14H2. The highest BCUT2D eigenvalue weighted by molar-refractivity contribution is 5.18. The first-order valence-electron chi connectivity index (χ1n) is 5.67. The third-order valence-corrected chi connectivity index (χ3v) is 3.34. The summed E-state index contributed by atoms with van der Waals surface area (Å²) in [7, 11) is 0. The van der Waals surface area contributed by atoms with Crippen LogP contribution in [0.4, 0.5) is 0 Å². The van der Waals surface area contributed by atoms with Crippen molar-refractivity contribution in [1.82, 2.24) is 0 Å². The number of hydrogen-bond donors (Lipinski definition) is 1. The van der Waals surface area contributed by atoms with Crippen LogP contribution in [-0.4, -0.2) is 0 Å². The molecule has 0 aliphatic heterocycles. The first-order chi connectivity index (χ1) is 6.86. The van der Waals surface area contributed by atoms with Gasteiger partial charge < -0.3 is 5.73 Å². The first kappa shape index (κ1) is 9.72. The third kappa shape index (κ3) is 2.36. The average molecular weight is 189 g/mol. The van der Waals surface area contributed by atoms with Crippen LogP contribution >= 0.6 is 0 Å². The Morgan fingerprint density at radius 2 is 1.93 bits per heavy atom. The zero-order valence-electron chi connectivity index (χ0n) is 8.65. The Morgan fingerprint density at radius 3 is 2.50 bits per heavy atom. The second-order valence-corrected chi connectivity index (χ2v) is 4.39. The van der Waals surface area contributed by atoms with E-state index in [-0.39, 0.29) is 6.04 Å². The summed E-state index contributed by atoms with van der Waals surface area (Å²) in [4.78, 5) is 0. The van der Waals surface area contributed by atoms with Crippen molar-refractivity contribution in [2.75, 3.05) is 0 Å². The summed E-state index contributed by atoms with van der Waals surface area (Å²) >= 11 is 0. The van der Waals surface area contributed by atoms with Crippen LogP contribution in [0.3, 0.4) is 0 Å². The minimum Gasteiger partial charge on any atom is -0.324 e. The zero-order valence-corrected chi connectivity index (χ0v) is 8.65. The van der Waals surface area contributed by atoms with Gasteiger partial charge >= 0.3 is 0 Å². The lowest BCUT2D eigenvalue weighted by molar-refractivity contribution is 0.282. The molecule has 1 aliphatic carbocycles. The molecule has 0 saturated heterocycles. The van der Waals surface area contributed by atoms with Crippen LogP contribution in [0.15, 0.2) is 30.3 Å². The molecule has 1 nitrogen and oxygen atoms in total. The van der Waals surface area contributed by atoms with Crippen LogP contribution in [-0.2, 0) is 0 Å². The molecule has 1 aromatic carbocycles. The predicted molar refractivity (Wildman–Crippen MR) is 59.9 cm³/mol. The molecule has 1 fully saturated rings. The van der Waals surface area contributed by atoms with E-state index in [0.29, 0.717) is 0 Å². The van der Waals surface area contributed by atoms with Crippen LogP contribution in [0.25, 0.3) is 0 Å². The molecule has 0 spiro atoms. The molecule has 0 radical (unpaired) electrons. The molecule has 1 unspecified atom stereocenters. The second kappa shape index (κ2) is 4.61. The molecule has 0 bridgehead atoms. The Bertz CT molecular complexity index is 264. The molecule has 2 rings (SSSR count). The minimum absolute atomic E-state index is 0.247. The minimum atomic E-state index is 0.247. The van der Waals surface area contributed by atoms with Crippen LogP contribution in [0, 0.1) is 5.92 Å². The highest BCUT2D eigenvalue weighted by Gasteiger charge is 2.18. The van der Waals surface area contributed by atoms with Gasteiger partial charge in [-0.15, -0.1) is 0 Å². The highest BCUT2D eigenvalue weighted by atomic mass is 14.6. The van der Waals surface area contributed by atoms with Crippen LogP contribution in [0.1, 0.15) is 43.7 Å². The number of hydrogen-bond acceptors (Lipinski definition) is 1. The van der Waals surface area contributed by atoms with E-state index in [1.54, 1.807) is 0 Å². The largest absolute Gasteiger partial charge is 0.324 e. The third-order valence-electron chi connectivity index (χ3n) is 3.34. The van der Waals surface area contributed by atoms with Crippen molar-refractivity contribution in [2.45, 2.75) is 38.1 Å². The summed E-state index contributed by atoms with van der Waals surface area (Å²) in [5.41, 5.74) is 7.41. The van der Waals surface area contributed by atoms with Gasteiger partial charge in [0.15, 0.2) is 0 Å². The lowest BCUT2D eigenvalue weighted by atomic mass is 9.81. The van der Waals surface area contributed by atoms with Crippen molar-refractivity contribution in [2.24, 2.45) is 11.7 Å². The van der Waals surface area contributed by atoms with E-state index >= 15 is 0 Å². The Balaban J connectivity index is 1.80. The maximum atomic E-state index is 6.12.